The molecule has 3 rings (SSSR count). The molecule has 1 aliphatic rings. The highest BCUT2D eigenvalue weighted by atomic mass is 32.2. The number of carboxylic acid groups (broad SMARTS) is 1. The van der Waals surface area contributed by atoms with E-state index in [1.54, 1.807) is 0 Å². The molecule has 2 N–H and O–H groups in total. The van der Waals surface area contributed by atoms with Crippen LogP contribution in [0.4, 0.5) is 5.69 Å². The first-order valence-corrected chi connectivity index (χ1v) is 8.20. The molecule has 0 atom stereocenters. The molecular formula is C15H10N2O7S. The molecule has 0 fully saturated rings. The van der Waals surface area contributed by atoms with Crippen LogP contribution in [0.15, 0.2) is 56.6 Å². The third-order valence-corrected chi connectivity index (χ3v) is 3.99. The number of aromatic carboxylic acids is 1. The van der Waals surface area contributed by atoms with Crippen molar-refractivity contribution in [3.05, 3.63) is 53.3 Å². The third kappa shape index (κ3) is 3.34. The van der Waals surface area contributed by atoms with E-state index in [2.05, 4.69) is 5.10 Å². The van der Waals surface area contributed by atoms with Crippen LogP contribution in [0.1, 0.15) is 16.1 Å². The van der Waals surface area contributed by atoms with Gasteiger partial charge in [0.25, 0.3) is 5.91 Å². The maximum atomic E-state index is 12.3. The molecule has 1 amide bonds. The molecule has 128 valence electrons. The molecule has 10 heteroatoms. The second kappa shape index (κ2) is 6.00. The van der Waals surface area contributed by atoms with Gasteiger partial charge in [-0.1, -0.05) is 0 Å². The highest BCUT2D eigenvalue weighted by Crippen LogP contribution is 2.23. The number of hydrogen-bond donors (Lipinski definition) is 2. The number of amides is 1. The minimum Gasteiger partial charge on any atom is -0.478 e. The average Bonchev–Trinajstić information content (AvgIpc) is 3.16. The zero-order valence-electron chi connectivity index (χ0n) is 12.4. The average molecular weight is 362 g/mol. The van der Waals surface area contributed by atoms with Crippen molar-refractivity contribution in [1.82, 2.24) is 0 Å². The normalized spacial score (nSPS) is 16.0. The molecule has 1 aliphatic heterocycles. The van der Waals surface area contributed by atoms with Gasteiger partial charge in [0.2, 0.25) is 5.09 Å². The van der Waals surface area contributed by atoms with E-state index in [0.717, 1.165) is 11.1 Å². The first-order chi connectivity index (χ1) is 11.8. The topological polar surface area (TPSA) is 137 Å². The van der Waals surface area contributed by atoms with Crippen molar-refractivity contribution in [2.75, 3.05) is 5.01 Å². The summed E-state index contributed by atoms with van der Waals surface area (Å²) in [6.07, 6.45) is 2.52. The molecule has 0 bridgehead atoms. The maximum absolute atomic E-state index is 12.3. The van der Waals surface area contributed by atoms with Gasteiger partial charge in [-0.25, -0.2) is 4.79 Å². The summed E-state index contributed by atoms with van der Waals surface area (Å²) in [5.41, 5.74) is 0.565. The van der Waals surface area contributed by atoms with E-state index in [-0.39, 0.29) is 16.9 Å². The Kier molecular flexibility index (Phi) is 3.99. The summed E-state index contributed by atoms with van der Waals surface area (Å²) in [4.78, 5) is 23.2. The second-order valence-corrected chi connectivity index (χ2v) is 6.30. The van der Waals surface area contributed by atoms with E-state index in [1.165, 1.54) is 42.6 Å². The summed E-state index contributed by atoms with van der Waals surface area (Å²) in [6.45, 7) is 0. The van der Waals surface area contributed by atoms with Crippen molar-refractivity contribution in [3.8, 4) is 0 Å². The van der Waals surface area contributed by atoms with Crippen molar-refractivity contribution in [1.29, 1.82) is 0 Å². The van der Waals surface area contributed by atoms with Crippen molar-refractivity contribution >= 4 is 40.0 Å². The summed E-state index contributed by atoms with van der Waals surface area (Å²) in [7, 11) is -4.47. The van der Waals surface area contributed by atoms with Gasteiger partial charge in [-0.05, 0) is 42.5 Å². The molecule has 2 heterocycles. The molecular weight excluding hydrogens is 352 g/mol. The minimum atomic E-state index is -4.47. The molecule has 2 aromatic rings. The van der Waals surface area contributed by atoms with Crippen LogP contribution in [-0.2, 0) is 14.9 Å². The van der Waals surface area contributed by atoms with Gasteiger partial charge in [-0.3, -0.25) is 9.35 Å². The number of anilines is 1. The predicted molar refractivity (Wildman–Crippen MR) is 85.9 cm³/mol. The fourth-order valence-electron chi connectivity index (χ4n) is 2.08. The molecule has 0 aliphatic carbocycles. The monoisotopic (exact) mass is 362 g/mol. The number of carbonyl (C=O) groups is 2. The van der Waals surface area contributed by atoms with Gasteiger partial charge in [-0.2, -0.15) is 18.5 Å². The van der Waals surface area contributed by atoms with Crippen LogP contribution in [0.3, 0.4) is 0 Å². The van der Waals surface area contributed by atoms with Crippen molar-refractivity contribution < 1.29 is 32.1 Å². The summed E-state index contributed by atoms with van der Waals surface area (Å²) >= 11 is 0. The van der Waals surface area contributed by atoms with Gasteiger partial charge in [0.05, 0.1) is 23.0 Å². The highest BCUT2D eigenvalue weighted by molar-refractivity contribution is 7.85. The van der Waals surface area contributed by atoms with Gasteiger partial charge in [0, 0.05) is 0 Å². The largest absolute Gasteiger partial charge is 0.478 e. The number of nitrogens with zero attached hydrogens (tertiary/aromatic N) is 2. The van der Waals surface area contributed by atoms with Gasteiger partial charge in [0.15, 0.2) is 0 Å². The van der Waals surface area contributed by atoms with Crippen LogP contribution >= 0.6 is 0 Å². The van der Waals surface area contributed by atoms with E-state index in [0.29, 0.717) is 5.69 Å². The highest BCUT2D eigenvalue weighted by Gasteiger charge is 2.25. The summed E-state index contributed by atoms with van der Waals surface area (Å²) in [6, 6.07) is 7.89. The van der Waals surface area contributed by atoms with Gasteiger partial charge < -0.3 is 9.52 Å². The van der Waals surface area contributed by atoms with E-state index < -0.39 is 27.1 Å². The Hall–Kier alpha value is -3.24. The van der Waals surface area contributed by atoms with Crippen LogP contribution in [0.25, 0.3) is 6.08 Å². The van der Waals surface area contributed by atoms with E-state index >= 15 is 0 Å². The minimum absolute atomic E-state index is 0.0468. The summed E-state index contributed by atoms with van der Waals surface area (Å²) in [5.74, 6) is -1.55. The zero-order valence-corrected chi connectivity index (χ0v) is 13.2. The Balaban J connectivity index is 1.83. The lowest BCUT2D eigenvalue weighted by molar-refractivity contribution is -0.114. The molecule has 25 heavy (non-hydrogen) atoms. The van der Waals surface area contributed by atoms with Crippen LogP contribution in [0.2, 0.25) is 0 Å². The summed E-state index contributed by atoms with van der Waals surface area (Å²) < 4.78 is 35.7. The second-order valence-electron chi connectivity index (χ2n) is 4.95. The molecule has 0 unspecified atom stereocenters. The van der Waals surface area contributed by atoms with Gasteiger partial charge in [-0.15, -0.1) is 0 Å². The fourth-order valence-corrected chi connectivity index (χ4v) is 2.52. The molecule has 0 saturated heterocycles. The molecule has 0 saturated carbocycles. The quantitative estimate of drug-likeness (QED) is 0.623. The molecule has 0 spiro atoms. The Morgan fingerprint density at radius 2 is 1.84 bits per heavy atom. The number of carboxylic acids is 1. The Bertz CT molecular complexity index is 1020. The zero-order chi connectivity index (χ0) is 18.2. The maximum Gasteiger partial charge on any atom is 0.335 e. The van der Waals surface area contributed by atoms with Gasteiger partial charge in [0.1, 0.15) is 5.76 Å². The van der Waals surface area contributed by atoms with Crippen molar-refractivity contribution in [3.63, 3.8) is 0 Å². The van der Waals surface area contributed by atoms with E-state index in [9.17, 15) is 18.0 Å². The fraction of sp³-hybridized carbons (Fsp3) is 0. The van der Waals surface area contributed by atoms with Crippen LogP contribution in [0, 0.1) is 0 Å². The van der Waals surface area contributed by atoms with Crippen LogP contribution in [0.5, 0.6) is 0 Å². The van der Waals surface area contributed by atoms with E-state index in [1.807, 2.05) is 0 Å². The lowest BCUT2D eigenvalue weighted by atomic mass is 10.2. The molecule has 1 aromatic carbocycles. The van der Waals surface area contributed by atoms with Crippen molar-refractivity contribution in [2.24, 2.45) is 5.10 Å². The smallest absolute Gasteiger partial charge is 0.335 e. The van der Waals surface area contributed by atoms with Crippen LogP contribution in [-0.4, -0.2) is 36.2 Å². The number of hydrazone groups is 1. The first-order valence-electron chi connectivity index (χ1n) is 6.76. The van der Waals surface area contributed by atoms with E-state index in [4.69, 9.17) is 14.1 Å². The first kappa shape index (κ1) is 16.6. The lowest BCUT2D eigenvalue weighted by Crippen LogP contribution is -2.21. The molecule has 9 nitrogen and oxygen atoms in total. The standard InChI is InChI=1S/C15H10N2O7S/c18-14-10(7-12-5-6-13(24-12)25(21,22)23)8-16-17(14)11-3-1-9(2-4-11)15(19)20/h1-8H,(H,19,20)(H,21,22,23)/b10-7-. The van der Waals surface area contributed by atoms with Gasteiger partial charge >= 0.3 is 16.1 Å². The third-order valence-electron chi connectivity index (χ3n) is 3.26. The lowest BCUT2D eigenvalue weighted by Gasteiger charge is -2.11. The molecule has 0 radical (unpaired) electrons. The molecule has 1 aromatic heterocycles. The Morgan fingerprint density at radius 1 is 1.16 bits per heavy atom. The number of rotatable bonds is 4. The predicted octanol–water partition coefficient (Wildman–Crippen LogP) is 1.64. The SMILES string of the molecule is O=C(O)c1ccc(N2N=C/C(=C/c3ccc(S(=O)(=O)O)o3)C2=O)cc1. The van der Waals surface area contributed by atoms with Crippen LogP contribution < -0.4 is 5.01 Å². The number of carbonyl (C=O) groups excluding carboxylic acids is 1. The Labute approximate surface area is 141 Å². The summed E-state index contributed by atoms with van der Waals surface area (Å²) in [5, 5.41) is 13.2. The number of furan rings is 1. The van der Waals surface area contributed by atoms with Crippen molar-refractivity contribution in [2.45, 2.75) is 5.09 Å². The number of hydrogen-bond acceptors (Lipinski definition) is 6. The number of benzene rings is 1. The Morgan fingerprint density at radius 3 is 2.40 bits per heavy atom.